The van der Waals surface area contributed by atoms with Crippen LogP contribution >= 0.6 is 0 Å². The summed E-state index contributed by atoms with van der Waals surface area (Å²) < 4.78 is 5.58. The highest BCUT2D eigenvalue weighted by atomic mass is 16.5. The van der Waals surface area contributed by atoms with Crippen LogP contribution in [0.3, 0.4) is 0 Å². The molecule has 0 N–H and O–H groups in total. The van der Waals surface area contributed by atoms with Crippen LogP contribution in [0, 0.1) is 10.8 Å². The lowest BCUT2D eigenvalue weighted by molar-refractivity contribution is -0.1000. The monoisotopic (exact) mass is 370 g/mol. The molecule has 2 aliphatic heterocycles. The van der Waals surface area contributed by atoms with Gasteiger partial charge in [-0.1, -0.05) is 44.2 Å². The van der Waals surface area contributed by atoms with Gasteiger partial charge in [0, 0.05) is 26.2 Å². The minimum atomic E-state index is 0.486. The van der Waals surface area contributed by atoms with Gasteiger partial charge in [-0.25, -0.2) is 0 Å². The number of nitrogens with zero attached hydrogens (tertiary/aromatic N) is 2. The summed E-state index contributed by atoms with van der Waals surface area (Å²) >= 11 is 0. The van der Waals surface area contributed by atoms with Gasteiger partial charge >= 0.3 is 0 Å². The zero-order chi connectivity index (χ0) is 18.7. The topological polar surface area (TPSA) is 15.7 Å². The molecule has 1 aliphatic carbocycles. The first-order valence-electron chi connectivity index (χ1n) is 11.2. The average Bonchev–Trinajstić information content (AvgIpc) is 2.72. The minimum Gasteiger partial charge on any atom is -0.379 e. The summed E-state index contributed by atoms with van der Waals surface area (Å²) in [6, 6.07) is 11.2. The summed E-state index contributed by atoms with van der Waals surface area (Å²) in [5, 5.41) is 0. The maximum Gasteiger partial charge on any atom is 0.0594 e. The number of piperidine rings is 1. The third-order valence-corrected chi connectivity index (χ3v) is 7.98. The lowest BCUT2D eigenvalue weighted by Gasteiger charge is -2.59. The number of hydrogen-bond donors (Lipinski definition) is 0. The molecule has 0 radical (unpaired) electrons. The molecule has 0 aromatic heterocycles. The summed E-state index contributed by atoms with van der Waals surface area (Å²) in [5.74, 6) is 0.726. The molecule has 2 saturated heterocycles. The fourth-order valence-electron chi connectivity index (χ4n) is 5.63. The van der Waals surface area contributed by atoms with Gasteiger partial charge < -0.3 is 9.64 Å². The fourth-order valence-corrected chi connectivity index (χ4v) is 5.63. The molecule has 3 heteroatoms. The van der Waals surface area contributed by atoms with E-state index >= 15 is 0 Å². The first kappa shape index (κ1) is 19.4. The highest BCUT2D eigenvalue weighted by Gasteiger charge is 2.53. The van der Waals surface area contributed by atoms with Crippen LogP contribution < -0.4 is 0 Å². The van der Waals surface area contributed by atoms with E-state index in [9.17, 15) is 0 Å². The van der Waals surface area contributed by atoms with Crippen molar-refractivity contribution in [2.24, 2.45) is 10.8 Å². The van der Waals surface area contributed by atoms with Gasteiger partial charge in [0.2, 0.25) is 0 Å². The molecule has 2 heterocycles. The number of morpholine rings is 1. The maximum absolute atomic E-state index is 5.58. The molecule has 3 nitrogen and oxygen atoms in total. The van der Waals surface area contributed by atoms with Crippen LogP contribution in [0.5, 0.6) is 0 Å². The van der Waals surface area contributed by atoms with Crippen LogP contribution in [0.25, 0.3) is 0 Å². The molecular weight excluding hydrogens is 332 g/mol. The van der Waals surface area contributed by atoms with Gasteiger partial charge in [0.05, 0.1) is 13.2 Å². The molecular formula is C24H38N2O. The van der Waals surface area contributed by atoms with E-state index in [0.29, 0.717) is 10.8 Å². The van der Waals surface area contributed by atoms with Crippen LogP contribution in [0.1, 0.15) is 57.4 Å². The Morgan fingerprint density at radius 3 is 2.44 bits per heavy atom. The predicted molar refractivity (Wildman–Crippen MR) is 112 cm³/mol. The van der Waals surface area contributed by atoms with E-state index in [1.165, 1.54) is 63.8 Å². The van der Waals surface area contributed by atoms with Crippen molar-refractivity contribution < 1.29 is 4.74 Å². The number of rotatable bonds is 6. The zero-order valence-corrected chi connectivity index (χ0v) is 17.5. The molecule has 1 aromatic rings. The van der Waals surface area contributed by atoms with E-state index in [1.807, 2.05) is 0 Å². The largest absolute Gasteiger partial charge is 0.379 e. The molecule has 150 valence electrons. The average molecular weight is 371 g/mol. The molecule has 0 spiro atoms. The second-order valence-electron chi connectivity index (χ2n) is 9.85. The van der Waals surface area contributed by atoms with E-state index in [-0.39, 0.29) is 0 Å². The zero-order valence-electron chi connectivity index (χ0n) is 17.5. The first-order chi connectivity index (χ1) is 13.1. The third kappa shape index (κ3) is 4.26. The Kier molecular flexibility index (Phi) is 5.92. The van der Waals surface area contributed by atoms with E-state index in [4.69, 9.17) is 4.74 Å². The Balaban J connectivity index is 1.36. The van der Waals surface area contributed by atoms with Gasteiger partial charge in [0.1, 0.15) is 0 Å². The molecule has 0 bridgehead atoms. The van der Waals surface area contributed by atoms with E-state index < -0.39 is 0 Å². The SMILES string of the molecule is CC1(C)CC[C@]1(CCN1CCC[C@H](c2ccccc2)C1)CN1CCOCC1. The molecule has 0 amide bonds. The quantitative estimate of drug-likeness (QED) is 0.738. The fraction of sp³-hybridized carbons (Fsp3) is 0.750. The smallest absolute Gasteiger partial charge is 0.0594 e. The summed E-state index contributed by atoms with van der Waals surface area (Å²) in [7, 11) is 0. The second kappa shape index (κ2) is 8.23. The summed E-state index contributed by atoms with van der Waals surface area (Å²) in [5.41, 5.74) is 2.53. The Bertz CT molecular complexity index is 596. The summed E-state index contributed by atoms with van der Waals surface area (Å²) in [4.78, 5) is 5.43. The van der Waals surface area contributed by atoms with Crippen molar-refractivity contribution in [3.05, 3.63) is 35.9 Å². The molecule has 1 aromatic carbocycles. The van der Waals surface area contributed by atoms with Gasteiger partial charge in [-0.15, -0.1) is 0 Å². The Morgan fingerprint density at radius 2 is 1.78 bits per heavy atom. The van der Waals surface area contributed by atoms with Crippen molar-refractivity contribution in [3.63, 3.8) is 0 Å². The van der Waals surface area contributed by atoms with Gasteiger partial charge in [0.25, 0.3) is 0 Å². The van der Waals surface area contributed by atoms with Gasteiger partial charge in [-0.2, -0.15) is 0 Å². The van der Waals surface area contributed by atoms with Crippen LogP contribution in [-0.4, -0.2) is 62.3 Å². The summed E-state index contributed by atoms with van der Waals surface area (Å²) in [6.07, 6.45) is 6.86. The molecule has 27 heavy (non-hydrogen) atoms. The van der Waals surface area contributed by atoms with E-state index in [2.05, 4.69) is 54.0 Å². The van der Waals surface area contributed by atoms with Gasteiger partial charge in [0.15, 0.2) is 0 Å². The number of hydrogen-bond acceptors (Lipinski definition) is 3. The Labute approximate surface area is 166 Å². The van der Waals surface area contributed by atoms with E-state index in [1.54, 1.807) is 0 Å². The maximum atomic E-state index is 5.58. The normalized spacial score (nSPS) is 32.1. The molecule has 1 saturated carbocycles. The highest BCUT2D eigenvalue weighted by Crippen LogP contribution is 2.59. The number of likely N-dealkylation sites (tertiary alicyclic amines) is 1. The molecule has 2 atom stereocenters. The van der Waals surface area contributed by atoms with Crippen molar-refractivity contribution in [1.29, 1.82) is 0 Å². The van der Waals surface area contributed by atoms with Crippen molar-refractivity contribution in [3.8, 4) is 0 Å². The van der Waals surface area contributed by atoms with Crippen LogP contribution in [0.15, 0.2) is 30.3 Å². The van der Waals surface area contributed by atoms with Gasteiger partial charge in [-0.05, 0) is 67.5 Å². The predicted octanol–water partition coefficient (Wildman–Crippen LogP) is 4.39. The van der Waals surface area contributed by atoms with Crippen LogP contribution in [0.4, 0.5) is 0 Å². The third-order valence-electron chi connectivity index (χ3n) is 7.98. The molecule has 4 rings (SSSR count). The minimum absolute atomic E-state index is 0.486. The van der Waals surface area contributed by atoms with Crippen LogP contribution in [0.2, 0.25) is 0 Å². The van der Waals surface area contributed by atoms with Crippen molar-refractivity contribution in [1.82, 2.24) is 9.80 Å². The standard InChI is InChI=1S/C24H38N2O/c1-23(2)10-11-24(23,20-26-15-17-27-18-16-26)12-14-25-13-6-9-22(19-25)21-7-4-3-5-8-21/h3-5,7-8,22H,6,9-20H2,1-2H3/t22-,24-/m0/s1. The Morgan fingerprint density at radius 1 is 1.00 bits per heavy atom. The number of benzene rings is 1. The number of ether oxygens (including phenoxy) is 1. The second-order valence-corrected chi connectivity index (χ2v) is 9.85. The lowest BCUT2D eigenvalue weighted by Crippen LogP contribution is -2.57. The highest BCUT2D eigenvalue weighted by molar-refractivity contribution is 5.20. The van der Waals surface area contributed by atoms with Crippen molar-refractivity contribution in [2.75, 3.05) is 52.5 Å². The molecule has 3 aliphatic rings. The Hall–Kier alpha value is -0.900. The van der Waals surface area contributed by atoms with Crippen molar-refractivity contribution in [2.45, 2.75) is 51.9 Å². The van der Waals surface area contributed by atoms with Crippen LogP contribution in [-0.2, 0) is 4.74 Å². The summed E-state index contributed by atoms with van der Waals surface area (Å²) in [6.45, 7) is 14.2. The lowest BCUT2D eigenvalue weighted by atomic mass is 9.49. The van der Waals surface area contributed by atoms with Crippen molar-refractivity contribution >= 4 is 0 Å². The molecule has 0 unspecified atom stereocenters. The van der Waals surface area contributed by atoms with Gasteiger partial charge in [-0.3, -0.25) is 4.90 Å². The van der Waals surface area contributed by atoms with E-state index in [0.717, 1.165) is 32.2 Å². The first-order valence-corrected chi connectivity index (χ1v) is 11.2. The molecule has 3 fully saturated rings.